The van der Waals surface area contributed by atoms with Gasteiger partial charge in [0.2, 0.25) is 12.5 Å². The normalized spacial score (nSPS) is 19.2. The number of ether oxygens (including phenoxy) is 2. The van der Waals surface area contributed by atoms with E-state index in [1.807, 2.05) is 13.0 Å². The van der Waals surface area contributed by atoms with E-state index in [1.165, 1.54) is 18.2 Å². The molecule has 3 aromatic rings. The highest BCUT2D eigenvalue weighted by Crippen LogP contribution is 2.35. The number of rotatable bonds is 10. The summed E-state index contributed by atoms with van der Waals surface area (Å²) in [7, 11) is 0. The van der Waals surface area contributed by atoms with E-state index in [0.29, 0.717) is 68.7 Å². The van der Waals surface area contributed by atoms with Gasteiger partial charge in [0.1, 0.15) is 30.5 Å². The Morgan fingerprint density at radius 1 is 1.20 bits per heavy atom. The fourth-order valence-corrected chi connectivity index (χ4v) is 5.88. The summed E-state index contributed by atoms with van der Waals surface area (Å²) >= 11 is 0. The van der Waals surface area contributed by atoms with Crippen LogP contribution < -0.4 is 14.5 Å². The van der Waals surface area contributed by atoms with E-state index in [4.69, 9.17) is 26.0 Å². The average Bonchev–Trinajstić information content (AvgIpc) is 3.87. The van der Waals surface area contributed by atoms with Gasteiger partial charge in [0.05, 0.1) is 36.8 Å². The monoisotopic (exact) mass is 603 g/mol. The molecule has 10 nitrogen and oxygen atoms in total. The minimum atomic E-state index is -0.725. The maximum absolute atomic E-state index is 15.0. The summed E-state index contributed by atoms with van der Waals surface area (Å²) in [5, 5.41) is 1.25. The zero-order valence-electron chi connectivity index (χ0n) is 24.7. The maximum atomic E-state index is 15.0. The van der Waals surface area contributed by atoms with Gasteiger partial charge >= 0.3 is 6.01 Å². The Bertz CT molecular complexity index is 1590. The number of carbonyl (C=O) groups is 1. The number of hydrogen-bond acceptors (Lipinski definition) is 8. The predicted molar refractivity (Wildman–Crippen MR) is 162 cm³/mol. The van der Waals surface area contributed by atoms with E-state index < -0.39 is 6.67 Å². The highest BCUT2D eigenvalue weighted by Gasteiger charge is 2.35. The average molecular weight is 604 g/mol. The second-order valence-electron chi connectivity index (χ2n) is 11.4. The lowest BCUT2D eigenvalue weighted by Gasteiger charge is -2.41. The molecule has 0 unspecified atom stereocenters. The molecule has 2 aliphatic heterocycles. The molecule has 4 heterocycles. The number of piperazine rings is 1. The third kappa shape index (κ3) is 6.43. The summed E-state index contributed by atoms with van der Waals surface area (Å²) in [6.07, 6.45) is 8.52. The Balaban J connectivity index is 1.31. The van der Waals surface area contributed by atoms with Gasteiger partial charge in [-0.25, -0.2) is 15.4 Å². The lowest BCUT2D eigenvalue weighted by molar-refractivity contribution is -0.128. The van der Waals surface area contributed by atoms with Crippen LogP contribution in [0.15, 0.2) is 42.7 Å². The quantitative estimate of drug-likeness (QED) is 0.253. The van der Waals surface area contributed by atoms with E-state index in [2.05, 4.69) is 19.6 Å². The first kappa shape index (κ1) is 29.7. The predicted octanol–water partition coefficient (Wildman–Crippen LogP) is 4.14. The Kier molecular flexibility index (Phi) is 8.84. The van der Waals surface area contributed by atoms with Crippen LogP contribution in [0.3, 0.4) is 0 Å². The van der Waals surface area contributed by atoms with E-state index in [-0.39, 0.29) is 36.4 Å². The summed E-state index contributed by atoms with van der Waals surface area (Å²) in [4.78, 5) is 36.2. The molecule has 1 saturated carbocycles. The number of aromatic nitrogens is 3. The van der Waals surface area contributed by atoms with Gasteiger partial charge in [-0.05, 0) is 38.3 Å². The number of amides is 1. The van der Waals surface area contributed by atoms with Crippen LogP contribution >= 0.6 is 0 Å². The van der Waals surface area contributed by atoms with Crippen molar-refractivity contribution in [2.45, 2.75) is 51.0 Å². The smallest absolute Gasteiger partial charge is 0.319 e. The molecular formula is C32H35F2N7O3. The van der Waals surface area contributed by atoms with Crippen molar-refractivity contribution in [3.8, 4) is 6.01 Å². The largest absolute Gasteiger partial charge is 0.458 e. The first-order valence-corrected chi connectivity index (χ1v) is 15.0. The molecule has 44 heavy (non-hydrogen) atoms. The topological polar surface area (TPSA) is 88.3 Å². The van der Waals surface area contributed by atoms with E-state index in [1.54, 1.807) is 23.4 Å². The zero-order chi connectivity index (χ0) is 30.6. The summed E-state index contributed by atoms with van der Waals surface area (Å²) in [6, 6.07) is 4.82. The van der Waals surface area contributed by atoms with Crippen LogP contribution in [0.1, 0.15) is 31.0 Å². The fourth-order valence-electron chi connectivity index (χ4n) is 5.88. The molecule has 3 aliphatic rings. The number of carbonyl (C=O) groups excluding carboxylic acids is 1. The first-order chi connectivity index (χ1) is 21.4. The lowest BCUT2D eigenvalue weighted by atomic mass is 10.0. The van der Waals surface area contributed by atoms with Crippen molar-refractivity contribution < 1.29 is 23.0 Å². The molecule has 0 bridgehead atoms. The van der Waals surface area contributed by atoms with E-state index in [0.717, 1.165) is 29.5 Å². The van der Waals surface area contributed by atoms with Gasteiger partial charge < -0.3 is 29.0 Å². The standard InChI is InChI=1S/C32H35F2N7O3/c1-21(20-43-24-8-9-24)44-32-37-27-19-39(28-17-36-15-22-5-3-6-26(34)30(22)28)12-10-25(27)31(38-32)40-13-14-41(23(18-40)16-35-2)29(42)7-4-11-33/h3-7,15,17,21,23-24H,8-14,16,18-20H2,1H3/b7-4+/t21-,23-/m0/s1. The van der Waals surface area contributed by atoms with Gasteiger partial charge in [0.25, 0.3) is 0 Å². The van der Waals surface area contributed by atoms with Gasteiger partial charge in [0.15, 0.2) is 0 Å². The number of alkyl halides is 1. The van der Waals surface area contributed by atoms with Crippen molar-refractivity contribution in [3.63, 3.8) is 0 Å². The van der Waals surface area contributed by atoms with Crippen LogP contribution in [0.2, 0.25) is 0 Å². The van der Waals surface area contributed by atoms with Gasteiger partial charge in [-0.2, -0.15) is 9.97 Å². The van der Waals surface area contributed by atoms with Crippen molar-refractivity contribution >= 4 is 28.2 Å². The SMILES string of the molecule is [C-]#[N+]C[C@H]1CN(c2nc(O[C@@H](C)COC3CC3)nc3c2CCN(c2cncc4cccc(F)c24)C3)CCN1C(=O)/C=C/CF. The molecule has 230 valence electrons. The third-order valence-corrected chi connectivity index (χ3v) is 8.19. The lowest BCUT2D eigenvalue weighted by Crippen LogP contribution is -2.56. The molecule has 0 radical (unpaired) electrons. The maximum Gasteiger partial charge on any atom is 0.319 e. The molecule has 1 aromatic carbocycles. The Morgan fingerprint density at radius 3 is 2.86 bits per heavy atom. The highest BCUT2D eigenvalue weighted by molar-refractivity contribution is 5.94. The number of pyridine rings is 1. The first-order valence-electron chi connectivity index (χ1n) is 15.0. The Morgan fingerprint density at radius 2 is 2.07 bits per heavy atom. The van der Waals surface area contributed by atoms with Crippen LogP contribution in [0.5, 0.6) is 6.01 Å². The van der Waals surface area contributed by atoms with Gasteiger partial charge in [-0.3, -0.25) is 9.78 Å². The minimum absolute atomic E-state index is 0.116. The van der Waals surface area contributed by atoms with Crippen molar-refractivity contribution in [2.75, 3.05) is 55.8 Å². The molecule has 12 heteroatoms. The van der Waals surface area contributed by atoms with E-state index in [9.17, 15) is 9.18 Å². The summed E-state index contributed by atoms with van der Waals surface area (Å²) in [5.41, 5.74) is 2.43. The van der Waals surface area contributed by atoms with Crippen molar-refractivity contribution in [1.82, 2.24) is 19.9 Å². The zero-order valence-corrected chi connectivity index (χ0v) is 24.7. The van der Waals surface area contributed by atoms with Crippen LogP contribution in [-0.4, -0.2) is 90.0 Å². The van der Waals surface area contributed by atoms with Gasteiger partial charge in [0, 0.05) is 54.8 Å². The molecular weight excluding hydrogens is 568 g/mol. The second kappa shape index (κ2) is 13.1. The number of fused-ring (bicyclic) bond motifs is 2. The summed E-state index contributed by atoms with van der Waals surface area (Å²) in [6.45, 7) is 11.5. The molecule has 2 aromatic heterocycles. The molecule has 1 aliphatic carbocycles. The number of allylic oxidation sites excluding steroid dienone is 1. The number of anilines is 2. The van der Waals surface area contributed by atoms with Crippen LogP contribution in [0, 0.1) is 12.4 Å². The number of hydrogen-bond donors (Lipinski definition) is 0. The van der Waals surface area contributed by atoms with E-state index >= 15 is 4.39 Å². The molecule has 2 fully saturated rings. The van der Waals surface area contributed by atoms with Crippen LogP contribution in [0.4, 0.5) is 20.3 Å². The number of benzene rings is 1. The molecule has 1 amide bonds. The van der Waals surface area contributed by atoms with Crippen molar-refractivity contribution in [3.05, 3.63) is 71.2 Å². The van der Waals surface area contributed by atoms with Crippen LogP contribution in [-0.2, 0) is 22.5 Å². The Labute approximate surface area is 255 Å². The highest BCUT2D eigenvalue weighted by atomic mass is 19.1. The molecule has 2 atom stereocenters. The second-order valence-corrected chi connectivity index (χ2v) is 11.4. The molecule has 0 N–H and O–H groups in total. The van der Waals surface area contributed by atoms with Crippen LogP contribution in [0.25, 0.3) is 15.6 Å². The summed E-state index contributed by atoms with van der Waals surface area (Å²) in [5.74, 6) is 0.103. The number of halogens is 2. The van der Waals surface area contributed by atoms with Crippen molar-refractivity contribution in [1.29, 1.82) is 0 Å². The number of nitrogens with zero attached hydrogens (tertiary/aromatic N) is 7. The molecule has 6 rings (SSSR count). The van der Waals surface area contributed by atoms with Gasteiger partial charge in [-0.15, -0.1) is 0 Å². The van der Waals surface area contributed by atoms with Crippen molar-refractivity contribution in [2.24, 2.45) is 0 Å². The third-order valence-electron chi connectivity index (χ3n) is 8.19. The molecule has 1 saturated heterocycles. The molecule has 0 spiro atoms. The minimum Gasteiger partial charge on any atom is -0.458 e. The Hall–Kier alpha value is -4.37. The summed E-state index contributed by atoms with van der Waals surface area (Å²) < 4.78 is 39.7. The van der Waals surface area contributed by atoms with Gasteiger partial charge in [-0.1, -0.05) is 12.1 Å². The fraction of sp³-hybridized carbons (Fsp3) is 0.469.